The van der Waals surface area contributed by atoms with Gasteiger partial charge in [0.15, 0.2) is 0 Å². The number of hydrogen-bond acceptors (Lipinski definition) is 2. The van der Waals surface area contributed by atoms with E-state index in [2.05, 4.69) is 195 Å². The summed E-state index contributed by atoms with van der Waals surface area (Å²) in [7, 11) is 0. The smallest absolute Gasteiger partial charge is 0.0602 e. The fraction of sp³-hybridized carbons (Fsp3) is 0.0980. The Morgan fingerprint density at radius 1 is 0.509 bits per heavy atom. The van der Waals surface area contributed by atoms with Gasteiger partial charge in [-0.15, -0.1) is 11.3 Å². The Hall–Kier alpha value is -5.96. The van der Waals surface area contributed by atoms with Crippen molar-refractivity contribution >= 4 is 80.8 Å². The number of hydrogen-bond donors (Lipinski definition) is 0. The maximum absolute atomic E-state index is 2.63. The summed E-state index contributed by atoms with van der Waals surface area (Å²) in [5.74, 6) is 0.265. The topological polar surface area (TPSA) is 3.24 Å². The van der Waals surface area contributed by atoms with E-state index in [1.165, 1.54) is 91.7 Å². The number of thiophene rings is 1. The molecule has 9 aromatic rings. The Morgan fingerprint density at radius 2 is 1.08 bits per heavy atom. The van der Waals surface area contributed by atoms with Gasteiger partial charge in [-0.3, -0.25) is 0 Å². The quantitative estimate of drug-likeness (QED) is 0.166. The van der Waals surface area contributed by atoms with Gasteiger partial charge in [0.1, 0.15) is 0 Å². The first-order valence-electron chi connectivity index (χ1n) is 18.7. The zero-order valence-corrected chi connectivity index (χ0v) is 30.6. The van der Waals surface area contributed by atoms with Crippen LogP contribution < -0.4 is 4.90 Å². The zero-order chi connectivity index (χ0) is 35.3. The molecule has 2 heteroatoms. The van der Waals surface area contributed by atoms with Crippen molar-refractivity contribution in [1.82, 2.24) is 0 Å². The summed E-state index contributed by atoms with van der Waals surface area (Å²) in [6.07, 6.45) is 7.48. The molecular formula is C51H37NS. The molecule has 2 unspecified atom stereocenters. The van der Waals surface area contributed by atoms with Crippen molar-refractivity contribution in [3.8, 4) is 11.1 Å². The molecule has 0 spiro atoms. The summed E-state index contributed by atoms with van der Waals surface area (Å²) in [6.45, 7) is 4.92. The van der Waals surface area contributed by atoms with Gasteiger partial charge >= 0.3 is 0 Å². The first-order valence-corrected chi connectivity index (χ1v) is 19.5. The van der Waals surface area contributed by atoms with E-state index in [-0.39, 0.29) is 17.4 Å². The van der Waals surface area contributed by atoms with Gasteiger partial charge in [0.05, 0.1) is 6.04 Å². The molecule has 0 saturated carbocycles. The summed E-state index contributed by atoms with van der Waals surface area (Å²) < 4.78 is 2.69. The predicted octanol–water partition coefficient (Wildman–Crippen LogP) is 14.2. The number of fused-ring (bicyclic) bond motifs is 11. The molecule has 0 N–H and O–H groups in total. The third kappa shape index (κ3) is 4.49. The summed E-state index contributed by atoms with van der Waals surface area (Å²) >= 11 is 1.90. The average molecular weight is 696 g/mol. The van der Waals surface area contributed by atoms with E-state index >= 15 is 0 Å². The average Bonchev–Trinajstić information content (AvgIpc) is 3.60. The molecular weight excluding hydrogens is 659 g/mol. The number of nitrogens with zero attached hydrogens (tertiary/aromatic N) is 1. The Morgan fingerprint density at radius 3 is 1.81 bits per heavy atom. The van der Waals surface area contributed by atoms with Gasteiger partial charge in [-0.05, 0) is 84.9 Å². The molecule has 1 aliphatic heterocycles. The molecule has 0 saturated heterocycles. The fourth-order valence-corrected chi connectivity index (χ4v) is 10.8. The van der Waals surface area contributed by atoms with Crippen LogP contribution in [0.2, 0.25) is 0 Å². The van der Waals surface area contributed by atoms with Crippen LogP contribution in [0.1, 0.15) is 25.0 Å². The van der Waals surface area contributed by atoms with Crippen molar-refractivity contribution in [3.05, 3.63) is 187 Å². The molecule has 252 valence electrons. The van der Waals surface area contributed by atoms with Gasteiger partial charge in [-0.1, -0.05) is 159 Å². The lowest BCUT2D eigenvalue weighted by molar-refractivity contribution is 0.333. The number of para-hydroxylation sites is 1. The van der Waals surface area contributed by atoms with Crippen LogP contribution in [0, 0.1) is 5.92 Å². The Kier molecular flexibility index (Phi) is 6.66. The molecule has 0 amide bonds. The fourth-order valence-electron chi connectivity index (χ4n) is 9.57. The van der Waals surface area contributed by atoms with E-state index in [1.807, 2.05) is 11.3 Å². The highest BCUT2D eigenvalue weighted by atomic mass is 32.1. The van der Waals surface area contributed by atoms with Crippen LogP contribution in [0.5, 0.6) is 0 Å². The Bertz CT molecular complexity index is 3000. The van der Waals surface area contributed by atoms with Crippen molar-refractivity contribution in [1.29, 1.82) is 0 Å². The Labute approximate surface area is 313 Å². The van der Waals surface area contributed by atoms with Gasteiger partial charge in [0.25, 0.3) is 0 Å². The summed E-state index contributed by atoms with van der Waals surface area (Å²) in [5.41, 5.74) is 8.93. The van der Waals surface area contributed by atoms with E-state index in [1.54, 1.807) is 0 Å². The van der Waals surface area contributed by atoms with Crippen molar-refractivity contribution < 1.29 is 0 Å². The van der Waals surface area contributed by atoms with Crippen molar-refractivity contribution in [3.63, 3.8) is 0 Å². The van der Waals surface area contributed by atoms with Crippen LogP contribution in [-0.2, 0) is 5.41 Å². The molecule has 2 aliphatic rings. The van der Waals surface area contributed by atoms with Crippen LogP contribution >= 0.6 is 11.3 Å². The van der Waals surface area contributed by atoms with E-state index in [9.17, 15) is 0 Å². The molecule has 0 fully saturated rings. The molecule has 0 bridgehead atoms. The highest BCUT2D eigenvalue weighted by Gasteiger charge is 2.46. The van der Waals surface area contributed by atoms with Crippen molar-refractivity contribution in [2.24, 2.45) is 5.92 Å². The maximum Gasteiger partial charge on any atom is 0.0602 e. The zero-order valence-electron chi connectivity index (χ0n) is 29.8. The SMILES string of the molecule is CC1(C)c2cc3c4ccccc4c4ccccc4c3cc2N(c2ccccc2)C2C=C(c3ccccc3-c3cccc4c3sc3ccccc34)C=CC21. The van der Waals surface area contributed by atoms with Gasteiger partial charge in [-0.25, -0.2) is 0 Å². The van der Waals surface area contributed by atoms with Crippen LogP contribution in [-0.4, -0.2) is 6.04 Å². The third-order valence-electron chi connectivity index (χ3n) is 12.1. The monoisotopic (exact) mass is 695 g/mol. The number of benzene rings is 8. The molecule has 0 radical (unpaired) electrons. The van der Waals surface area contributed by atoms with E-state index in [4.69, 9.17) is 0 Å². The van der Waals surface area contributed by atoms with Gasteiger partial charge in [-0.2, -0.15) is 0 Å². The number of allylic oxidation sites excluding steroid dienone is 2. The first-order chi connectivity index (χ1) is 26.1. The van der Waals surface area contributed by atoms with E-state index < -0.39 is 0 Å². The lowest BCUT2D eigenvalue weighted by Crippen LogP contribution is -2.50. The van der Waals surface area contributed by atoms with E-state index in [0.29, 0.717) is 0 Å². The summed E-state index contributed by atoms with van der Waals surface area (Å²) in [4.78, 5) is 2.63. The predicted molar refractivity (Wildman–Crippen MR) is 230 cm³/mol. The largest absolute Gasteiger partial charge is 0.334 e. The number of rotatable bonds is 3. The highest BCUT2D eigenvalue weighted by Crippen LogP contribution is 2.54. The maximum atomic E-state index is 2.63. The minimum atomic E-state index is -0.118. The second-order valence-electron chi connectivity index (χ2n) is 15.3. The number of anilines is 2. The molecule has 53 heavy (non-hydrogen) atoms. The third-order valence-corrected chi connectivity index (χ3v) is 13.3. The van der Waals surface area contributed by atoms with E-state index in [0.717, 1.165) is 0 Å². The molecule has 1 nitrogen and oxygen atoms in total. The normalized spacial score (nSPS) is 17.8. The lowest BCUT2D eigenvalue weighted by Gasteiger charge is -2.51. The molecule has 2 atom stereocenters. The second kappa shape index (κ2) is 11.5. The molecule has 8 aromatic carbocycles. The minimum absolute atomic E-state index is 0.118. The standard InChI is InChI=1S/C51H37NS/c1-51(2)45-28-27-32(34-17-6-7-18-35(34)41-24-14-25-42-40-23-12-13-26-49(40)53-50(41)42)29-47(45)52(33-15-4-3-5-16-33)48-31-44-39-22-11-9-20-37(39)36-19-8-10-21-38(36)43(44)30-46(48)51/h3-31,45,47H,1-2H3. The first kappa shape index (κ1) is 30.6. The summed E-state index contributed by atoms with van der Waals surface area (Å²) in [6, 6.07) is 58.7. The molecule has 11 rings (SSSR count). The van der Waals surface area contributed by atoms with Crippen molar-refractivity contribution in [2.75, 3.05) is 4.90 Å². The van der Waals surface area contributed by atoms with Crippen LogP contribution in [0.3, 0.4) is 0 Å². The Balaban J connectivity index is 1.14. The van der Waals surface area contributed by atoms with Gasteiger partial charge in [0, 0.05) is 48.4 Å². The highest BCUT2D eigenvalue weighted by molar-refractivity contribution is 7.26. The van der Waals surface area contributed by atoms with Gasteiger partial charge < -0.3 is 4.90 Å². The molecule has 2 heterocycles. The molecule has 1 aliphatic carbocycles. The van der Waals surface area contributed by atoms with Crippen LogP contribution in [0.4, 0.5) is 11.4 Å². The van der Waals surface area contributed by atoms with Gasteiger partial charge in [0.2, 0.25) is 0 Å². The van der Waals surface area contributed by atoms with Crippen LogP contribution in [0.15, 0.2) is 176 Å². The minimum Gasteiger partial charge on any atom is -0.334 e. The molecule has 1 aromatic heterocycles. The lowest BCUT2D eigenvalue weighted by atomic mass is 9.64. The van der Waals surface area contributed by atoms with Crippen LogP contribution in [0.25, 0.3) is 69.2 Å². The second-order valence-corrected chi connectivity index (χ2v) is 16.3. The van der Waals surface area contributed by atoms with Crippen molar-refractivity contribution in [2.45, 2.75) is 25.3 Å². The summed E-state index contributed by atoms with van der Waals surface area (Å²) in [5, 5.41) is 10.6.